The van der Waals surface area contributed by atoms with Crippen LogP contribution in [0.3, 0.4) is 0 Å². The molecular formula is C24H22ClN3O2S2. The molecule has 0 bridgehead atoms. The molecule has 5 nitrogen and oxygen atoms in total. The van der Waals surface area contributed by atoms with Crippen LogP contribution in [0.25, 0.3) is 23.0 Å². The average molecular weight is 484 g/mol. The number of aromatic nitrogens is 2. The minimum Gasteiger partial charge on any atom is -0.495 e. The Hall–Kier alpha value is -2.61. The largest absolute Gasteiger partial charge is 0.495 e. The molecule has 2 heterocycles. The third-order valence-corrected chi connectivity index (χ3v) is 6.96. The van der Waals surface area contributed by atoms with E-state index in [9.17, 15) is 4.79 Å². The molecule has 0 unspecified atom stereocenters. The summed E-state index contributed by atoms with van der Waals surface area (Å²) in [4.78, 5) is 15.3. The number of carbonyl (C=O) groups excluding carboxylic acids is 1. The summed E-state index contributed by atoms with van der Waals surface area (Å²) in [5, 5.41) is 5.30. The topological polar surface area (TPSA) is 47.4 Å². The first-order chi connectivity index (χ1) is 15.4. The number of benzene rings is 2. The highest BCUT2D eigenvalue weighted by Crippen LogP contribution is 2.37. The van der Waals surface area contributed by atoms with Crippen molar-refractivity contribution in [2.45, 2.75) is 26.3 Å². The summed E-state index contributed by atoms with van der Waals surface area (Å²) in [5.41, 5.74) is 3.27. The van der Waals surface area contributed by atoms with Crippen molar-refractivity contribution in [3.05, 3.63) is 70.2 Å². The number of rotatable bonds is 6. The predicted molar refractivity (Wildman–Crippen MR) is 135 cm³/mol. The van der Waals surface area contributed by atoms with Gasteiger partial charge in [-0.1, -0.05) is 60.7 Å². The molecular weight excluding hydrogens is 462 g/mol. The van der Waals surface area contributed by atoms with Crippen molar-refractivity contribution in [1.29, 1.82) is 0 Å². The zero-order valence-corrected chi connectivity index (χ0v) is 20.3. The lowest BCUT2D eigenvalue weighted by atomic mass is 10.1. The molecule has 0 aliphatic carbocycles. The van der Waals surface area contributed by atoms with E-state index in [0.717, 1.165) is 23.2 Å². The molecule has 1 aliphatic heterocycles. The van der Waals surface area contributed by atoms with Crippen LogP contribution in [0.5, 0.6) is 5.75 Å². The first-order valence-electron chi connectivity index (χ1n) is 10.2. The van der Waals surface area contributed by atoms with E-state index in [1.807, 2.05) is 74.7 Å². The molecule has 1 amide bonds. The summed E-state index contributed by atoms with van der Waals surface area (Å²) in [5.74, 6) is 0.523. The number of thioether (sulfide) groups is 1. The van der Waals surface area contributed by atoms with Gasteiger partial charge in [-0.15, -0.1) is 0 Å². The van der Waals surface area contributed by atoms with E-state index in [0.29, 0.717) is 25.7 Å². The molecule has 4 rings (SSSR count). The molecule has 32 heavy (non-hydrogen) atoms. The molecule has 0 spiro atoms. The van der Waals surface area contributed by atoms with E-state index >= 15 is 0 Å². The molecule has 1 fully saturated rings. The Balaban J connectivity index is 1.81. The Morgan fingerprint density at radius 3 is 2.66 bits per heavy atom. The smallest absolute Gasteiger partial charge is 0.266 e. The van der Waals surface area contributed by atoms with E-state index in [-0.39, 0.29) is 11.9 Å². The standard InChI is InChI=1S/C24H22ClN3O2S2/c1-4-15(2)28-23(29)21(32-24(28)31)13-17-14-27(18-8-6-5-7-9-18)26-22(17)16-10-11-20(30-3)19(25)12-16/h5-15H,4H2,1-3H3/b21-13-/t15-/m0/s1. The van der Waals surface area contributed by atoms with E-state index in [1.165, 1.54) is 11.8 Å². The maximum atomic E-state index is 13.1. The number of amides is 1. The number of halogens is 1. The number of hydrogen-bond donors (Lipinski definition) is 0. The molecule has 3 aromatic rings. The van der Waals surface area contributed by atoms with Gasteiger partial charge in [0.25, 0.3) is 5.91 Å². The first-order valence-corrected chi connectivity index (χ1v) is 11.8. The third-order valence-electron chi connectivity index (χ3n) is 5.33. The lowest BCUT2D eigenvalue weighted by molar-refractivity contribution is -0.123. The Bertz CT molecular complexity index is 1210. The van der Waals surface area contributed by atoms with E-state index in [1.54, 1.807) is 16.7 Å². The van der Waals surface area contributed by atoms with Crippen molar-refractivity contribution in [3.8, 4) is 22.7 Å². The number of carbonyl (C=O) groups is 1. The van der Waals surface area contributed by atoms with Gasteiger partial charge in [-0.3, -0.25) is 9.69 Å². The Morgan fingerprint density at radius 2 is 2.00 bits per heavy atom. The maximum absolute atomic E-state index is 13.1. The van der Waals surface area contributed by atoms with Crippen molar-refractivity contribution in [1.82, 2.24) is 14.7 Å². The van der Waals surface area contributed by atoms with Gasteiger partial charge >= 0.3 is 0 Å². The predicted octanol–water partition coefficient (Wildman–Crippen LogP) is 6.20. The lowest BCUT2D eigenvalue weighted by Gasteiger charge is -2.21. The van der Waals surface area contributed by atoms with Gasteiger partial charge in [-0.25, -0.2) is 4.68 Å². The second kappa shape index (κ2) is 9.48. The minimum absolute atomic E-state index is 0.0558. The van der Waals surface area contributed by atoms with Gasteiger partial charge in [0.1, 0.15) is 15.8 Å². The van der Waals surface area contributed by atoms with Crippen LogP contribution in [0.15, 0.2) is 59.6 Å². The number of hydrogen-bond acceptors (Lipinski definition) is 5. The summed E-state index contributed by atoms with van der Waals surface area (Å²) in [6.45, 7) is 4.05. The SMILES string of the molecule is CC[C@H](C)N1C(=O)/C(=C/c2cn(-c3ccccc3)nc2-c2ccc(OC)c(Cl)c2)SC1=S. The van der Waals surface area contributed by atoms with Crippen molar-refractivity contribution in [2.75, 3.05) is 7.11 Å². The monoisotopic (exact) mass is 483 g/mol. The highest BCUT2D eigenvalue weighted by molar-refractivity contribution is 8.26. The van der Waals surface area contributed by atoms with Crippen molar-refractivity contribution in [3.63, 3.8) is 0 Å². The fraction of sp³-hybridized carbons (Fsp3) is 0.208. The minimum atomic E-state index is -0.0690. The Morgan fingerprint density at radius 1 is 1.25 bits per heavy atom. The van der Waals surface area contributed by atoms with Crippen LogP contribution in [0, 0.1) is 0 Å². The number of methoxy groups -OCH3 is 1. The molecule has 8 heteroatoms. The van der Waals surface area contributed by atoms with Gasteiger partial charge in [0.05, 0.1) is 22.7 Å². The fourth-order valence-electron chi connectivity index (χ4n) is 3.43. The van der Waals surface area contributed by atoms with Gasteiger partial charge in [-0.2, -0.15) is 5.10 Å². The van der Waals surface area contributed by atoms with E-state index in [2.05, 4.69) is 0 Å². The van der Waals surface area contributed by atoms with Crippen LogP contribution in [-0.4, -0.2) is 38.1 Å². The molecule has 0 N–H and O–H groups in total. The van der Waals surface area contributed by atoms with Gasteiger partial charge < -0.3 is 4.74 Å². The van der Waals surface area contributed by atoms with Gasteiger partial charge in [-0.05, 0) is 49.8 Å². The van der Waals surface area contributed by atoms with Crippen LogP contribution in [0.4, 0.5) is 0 Å². The van der Waals surface area contributed by atoms with Gasteiger partial charge in [0, 0.05) is 23.4 Å². The number of thiocarbonyl (C=S) groups is 1. The molecule has 1 aromatic heterocycles. The zero-order valence-electron chi connectivity index (χ0n) is 17.9. The quantitative estimate of drug-likeness (QED) is 0.308. The molecule has 1 atom stereocenters. The zero-order chi connectivity index (χ0) is 22.8. The highest BCUT2D eigenvalue weighted by Gasteiger charge is 2.35. The summed E-state index contributed by atoms with van der Waals surface area (Å²) in [7, 11) is 1.58. The average Bonchev–Trinajstić information content (AvgIpc) is 3.34. The van der Waals surface area contributed by atoms with Crippen molar-refractivity contribution < 1.29 is 9.53 Å². The number of para-hydroxylation sites is 1. The second-order valence-electron chi connectivity index (χ2n) is 7.37. The molecule has 1 saturated heterocycles. The normalized spacial score (nSPS) is 16.1. The van der Waals surface area contributed by atoms with Crippen LogP contribution in [-0.2, 0) is 4.79 Å². The van der Waals surface area contributed by atoms with Gasteiger partial charge in [0.15, 0.2) is 0 Å². The summed E-state index contributed by atoms with van der Waals surface area (Å²) in [6.07, 6.45) is 4.61. The highest BCUT2D eigenvalue weighted by atomic mass is 35.5. The van der Waals surface area contributed by atoms with Crippen molar-refractivity contribution >= 4 is 51.9 Å². The van der Waals surface area contributed by atoms with Gasteiger partial charge in [0.2, 0.25) is 0 Å². The molecule has 1 aliphatic rings. The Kier molecular flexibility index (Phi) is 6.69. The lowest BCUT2D eigenvalue weighted by Crippen LogP contribution is -2.36. The molecule has 164 valence electrons. The summed E-state index contributed by atoms with van der Waals surface area (Å²) < 4.78 is 7.67. The number of nitrogens with zero attached hydrogens (tertiary/aromatic N) is 3. The van der Waals surface area contributed by atoms with E-state index in [4.69, 9.17) is 33.7 Å². The number of ether oxygens (including phenoxy) is 1. The fourth-order valence-corrected chi connectivity index (χ4v) is 5.14. The first kappa shape index (κ1) is 22.6. The van der Waals surface area contributed by atoms with Crippen LogP contribution in [0.1, 0.15) is 25.8 Å². The van der Waals surface area contributed by atoms with Crippen LogP contribution in [0.2, 0.25) is 5.02 Å². The van der Waals surface area contributed by atoms with E-state index < -0.39 is 0 Å². The maximum Gasteiger partial charge on any atom is 0.266 e. The summed E-state index contributed by atoms with van der Waals surface area (Å²) >= 11 is 13.2. The van der Waals surface area contributed by atoms with Crippen LogP contribution >= 0.6 is 35.6 Å². The second-order valence-corrected chi connectivity index (χ2v) is 9.45. The van der Waals surface area contributed by atoms with Crippen LogP contribution < -0.4 is 4.74 Å². The molecule has 0 radical (unpaired) electrons. The molecule has 2 aromatic carbocycles. The summed E-state index contributed by atoms with van der Waals surface area (Å²) in [6, 6.07) is 15.4. The van der Waals surface area contributed by atoms with Crippen molar-refractivity contribution in [2.24, 2.45) is 0 Å². The Labute approximate surface area is 202 Å². The third kappa shape index (κ3) is 4.33. The molecule has 0 saturated carbocycles.